The van der Waals surface area contributed by atoms with Crippen molar-refractivity contribution in [3.05, 3.63) is 34.9 Å². The van der Waals surface area contributed by atoms with Gasteiger partial charge < -0.3 is 10.2 Å². The lowest BCUT2D eigenvalue weighted by molar-refractivity contribution is -0.127. The van der Waals surface area contributed by atoms with Crippen LogP contribution in [0, 0.1) is 0 Å². The Balaban J connectivity index is 0.00000110. The van der Waals surface area contributed by atoms with Crippen LogP contribution in [0.5, 0.6) is 0 Å². The first kappa shape index (κ1) is 18.4. The minimum Gasteiger partial charge on any atom is -0.478 e. The number of rotatable bonds is 3. The maximum absolute atomic E-state index is 12.1. The molecule has 0 aliphatic carbocycles. The van der Waals surface area contributed by atoms with E-state index in [-0.39, 0.29) is 5.56 Å². The van der Waals surface area contributed by atoms with Crippen LogP contribution in [0.2, 0.25) is 0 Å². The molecule has 0 bridgehead atoms. The number of carboxylic acids is 2. The van der Waals surface area contributed by atoms with Gasteiger partial charge in [0.1, 0.15) is 0 Å². The standard InChI is InChI=1S/C10H7F3O4.C2H5Br/c11-10(12,13)4-6-2-1-5(8(14)15)3-7(6)9(16)17;1-2-3/h1-3H,4H2,(H,14,15)(H,16,17);2H2,1H3. The Hall–Kier alpha value is -1.57. The van der Waals surface area contributed by atoms with Gasteiger partial charge in [-0.1, -0.05) is 28.9 Å². The van der Waals surface area contributed by atoms with Crippen LogP contribution in [0.15, 0.2) is 18.2 Å². The lowest BCUT2D eigenvalue weighted by atomic mass is 10.0. The number of carboxylic acid groups (broad SMARTS) is 2. The highest BCUT2D eigenvalue weighted by atomic mass is 79.9. The summed E-state index contributed by atoms with van der Waals surface area (Å²) in [6.07, 6.45) is -5.95. The molecule has 0 aromatic heterocycles. The third kappa shape index (κ3) is 6.55. The second-order valence-corrected chi connectivity index (χ2v) is 4.66. The molecular formula is C12H12BrF3O4. The average molecular weight is 357 g/mol. The van der Waals surface area contributed by atoms with Gasteiger partial charge >= 0.3 is 18.1 Å². The molecule has 1 aromatic carbocycles. The van der Waals surface area contributed by atoms with Crippen LogP contribution in [0.25, 0.3) is 0 Å². The van der Waals surface area contributed by atoms with Gasteiger partial charge in [-0.05, 0) is 17.7 Å². The van der Waals surface area contributed by atoms with Gasteiger partial charge in [-0.25, -0.2) is 9.59 Å². The molecule has 0 saturated heterocycles. The lowest BCUT2D eigenvalue weighted by Crippen LogP contribution is -2.15. The molecule has 1 aromatic rings. The van der Waals surface area contributed by atoms with Crippen LogP contribution in [0.1, 0.15) is 33.2 Å². The highest BCUT2D eigenvalue weighted by molar-refractivity contribution is 9.09. The molecule has 112 valence electrons. The van der Waals surface area contributed by atoms with Crippen molar-refractivity contribution < 1.29 is 33.0 Å². The highest BCUT2D eigenvalue weighted by Gasteiger charge is 2.30. The van der Waals surface area contributed by atoms with Crippen molar-refractivity contribution in [2.24, 2.45) is 0 Å². The summed E-state index contributed by atoms with van der Waals surface area (Å²) in [5, 5.41) is 18.4. The van der Waals surface area contributed by atoms with E-state index in [9.17, 15) is 22.8 Å². The van der Waals surface area contributed by atoms with Crippen LogP contribution in [-0.4, -0.2) is 33.7 Å². The molecule has 1 rings (SSSR count). The maximum atomic E-state index is 12.1. The van der Waals surface area contributed by atoms with Gasteiger partial charge in [0.25, 0.3) is 0 Å². The zero-order chi connectivity index (χ0) is 15.9. The molecule has 0 unspecified atom stereocenters. The number of benzene rings is 1. The SMILES string of the molecule is CCBr.O=C(O)c1ccc(CC(F)(F)F)c(C(=O)O)c1. The summed E-state index contributed by atoms with van der Waals surface area (Å²) < 4.78 is 36.4. The zero-order valence-electron chi connectivity index (χ0n) is 10.4. The van der Waals surface area contributed by atoms with E-state index in [0.29, 0.717) is 6.07 Å². The quantitative estimate of drug-likeness (QED) is 0.811. The van der Waals surface area contributed by atoms with Crippen molar-refractivity contribution in [2.45, 2.75) is 19.5 Å². The fourth-order valence-electron chi connectivity index (χ4n) is 1.28. The molecule has 4 nitrogen and oxygen atoms in total. The summed E-state index contributed by atoms with van der Waals surface area (Å²) in [6.45, 7) is 2.04. The van der Waals surface area contributed by atoms with E-state index in [1.165, 1.54) is 0 Å². The van der Waals surface area contributed by atoms with E-state index >= 15 is 0 Å². The number of halogens is 4. The maximum Gasteiger partial charge on any atom is 0.393 e. The van der Waals surface area contributed by atoms with Gasteiger partial charge in [0.2, 0.25) is 0 Å². The summed E-state index contributed by atoms with van der Waals surface area (Å²) >= 11 is 3.15. The van der Waals surface area contributed by atoms with Crippen molar-refractivity contribution in [3.8, 4) is 0 Å². The van der Waals surface area contributed by atoms with Gasteiger partial charge in [0, 0.05) is 5.33 Å². The van der Waals surface area contributed by atoms with Crippen LogP contribution >= 0.6 is 15.9 Å². The van der Waals surface area contributed by atoms with Crippen LogP contribution in [0.3, 0.4) is 0 Å². The lowest BCUT2D eigenvalue weighted by Gasteiger charge is -2.09. The molecule has 0 aliphatic rings. The summed E-state index contributed by atoms with van der Waals surface area (Å²) in [4.78, 5) is 21.3. The van der Waals surface area contributed by atoms with Gasteiger partial charge in [0.05, 0.1) is 17.5 Å². The monoisotopic (exact) mass is 356 g/mol. The van der Waals surface area contributed by atoms with Crippen molar-refractivity contribution in [1.29, 1.82) is 0 Å². The van der Waals surface area contributed by atoms with Gasteiger partial charge in [0.15, 0.2) is 0 Å². The topological polar surface area (TPSA) is 74.6 Å². The Labute approximate surface area is 121 Å². The normalized spacial score (nSPS) is 10.4. The second-order valence-electron chi connectivity index (χ2n) is 3.54. The van der Waals surface area contributed by atoms with Crippen LogP contribution in [0.4, 0.5) is 13.2 Å². The highest BCUT2D eigenvalue weighted by Crippen LogP contribution is 2.24. The molecule has 0 amide bonds. The van der Waals surface area contributed by atoms with E-state index < -0.39 is 35.7 Å². The zero-order valence-corrected chi connectivity index (χ0v) is 12.0. The number of hydrogen-bond donors (Lipinski definition) is 2. The number of carbonyl (C=O) groups is 2. The van der Waals surface area contributed by atoms with Crippen LogP contribution < -0.4 is 0 Å². The number of hydrogen-bond acceptors (Lipinski definition) is 2. The molecule has 0 atom stereocenters. The van der Waals surface area contributed by atoms with Gasteiger partial charge in [-0.2, -0.15) is 13.2 Å². The largest absolute Gasteiger partial charge is 0.478 e. The van der Waals surface area contributed by atoms with Crippen molar-refractivity contribution in [3.63, 3.8) is 0 Å². The Morgan fingerprint density at radius 1 is 1.20 bits per heavy atom. The van der Waals surface area contributed by atoms with E-state index in [0.717, 1.165) is 17.5 Å². The first-order valence-corrected chi connectivity index (χ1v) is 6.46. The van der Waals surface area contributed by atoms with Crippen molar-refractivity contribution in [2.75, 3.05) is 5.33 Å². The van der Waals surface area contributed by atoms with E-state index in [2.05, 4.69) is 15.9 Å². The summed E-state index contributed by atoms with van der Waals surface area (Å²) in [5.74, 6) is -2.99. The Bertz CT molecular complexity index is 486. The summed E-state index contributed by atoms with van der Waals surface area (Å²) in [6, 6.07) is 2.52. The Morgan fingerprint density at radius 3 is 2.05 bits per heavy atom. The van der Waals surface area contributed by atoms with Crippen molar-refractivity contribution in [1.82, 2.24) is 0 Å². The second kappa shape index (κ2) is 7.88. The molecule has 0 spiro atoms. The first-order valence-electron chi connectivity index (χ1n) is 5.34. The molecule has 0 aliphatic heterocycles. The minimum atomic E-state index is -4.55. The molecule has 0 radical (unpaired) electrons. The average Bonchev–Trinajstić information content (AvgIpc) is 2.27. The Morgan fingerprint density at radius 2 is 1.70 bits per heavy atom. The van der Waals surface area contributed by atoms with Crippen molar-refractivity contribution >= 4 is 27.9 Å². The van der Waals surface area contributed by atoms with E-state index in [4.69, 9.17) is 10.2 Å². The molecule has 8 heteroatoms. The summed E-state index contributed by atoms with van der Waals surface area (Å²) in [5.41, 5.74) is -1.48. The molecule has 0 saturated carbocycles. The van der Waals surface area contributed by atoms with Crippen LogP contribution in [-0.2, 0) is 6.42 Å². The van der Waals surface area contributed by atoms with E-state index in [1.54, 1.807) is 0 Å². The third-order valence-electron chi connectivity index (χ3n) is 1.98. The van der Waals surface area contributed by atoms with Gasteiger partial charge in [-0.15, -0.1) is 0 Å². The smallest absolute Gasteiger partial charge is 0.393 e. The van der Waals surface area contributed by atoms with E-state index in [1.807, 2.05) is 6.92 Å². The molecule has 20 heavy (non-hydrogen) atoms. The predicted molar refractivity (Wildman–Crippen MR) is 69.6 cm³/mol. The number of aromatic carboxylic acids is 2. The van der Waals surface area contributed by atoms with Gasteiger partial charge in [-0.3, -0.25) is 0 Å². The molecule has 2 N–H and O–H groups in total. The molecule has 0 fully saturated rings. The fraction of sp³-hybridized carbons (Fsp3) is 0.333. The predicted octanol–water partition coefficient (Wildman–Crippen LogP) is 3.59. The number of alkyl halides is 4. The molecule has 0 heterocycles. The molecular weight excluding hydrogens is 345 g/mol. The summed E-state index contributed by atoms with van der Waals surface area (Å²) in [7, 11) is 0. The third-order valence-corrected chi connectivity index (χ3v) is 1.98. The minimum absolute atomic E-state index is 0.367. The fourth-order valence-corrected chi connectivity index (χ4v) is 1.28. The first-order chi connectivity index (χ1) is 9.12. The Kier molecular flexibility index (Phi) is 7.26.